The third-order valence-corrected chi connectivity index (χ3v) is 2.59. The molecule has 3 N–H and O–H groups in total. The van der Waals surface area contributed by atoms with Crippen LogP contribution in [0.25, 0.3) is 0 Å². The number of aliphatic carboxylic acids is 2. The van der Waals surface area contributed by atoms with Gasteiger partial charge in [0, 0.05) is 17.7 Å². The van der Waals surface area contributed by atoms with Crippen LogP contribution in [0.15, 0.2) is 0 Å². The lowest BCUT2D eigenvalue weighted by Crippen LogP contribution is -2.44. The zero-order chi connectivity index (χ0) is 12.0. The maximum Gasteiger partial charge on any atom is 0.327 e. The summed E-state index contributed by atoms with van der Waals surface area (Å²) in [6, 6.07) is -1.32. The van der Waals surface area contributed by atoms with Crippen LogP contribution in [0.1, 0.15) is 6.92 Å². The number of carboxylic acid groups (broad SMARTS) is 2. The lowest BCUT2D eigenvalue weighted by Gasteiger charge is -2.11. The SMILES string of the molecule is CC(=O)N[C@@H](CS(=O)CC(=O)O)C(=O)O. The summed E-state index contributed by atoms with van der Waals surface area (Å²) in [5.41, 5.74) is 0. The van der Waals surface area contributed by atoms with Gasteiger partial charge < -0.3 is 15.5 Å². The van der Waals surface area contributed by atoms with E-state index in [4.69, 9.17) is 10.2 Å². The molecule has 1 unspecified atom stereocenters. The van der Waals surface area contributed by atoms with Gasteiger partial charge in [0.1, 0.15) is 11.8 Å². The Balaban J connectivity index is 4.28. The summed E-state index contributed by atoms with van der Waals surface area (Å²) in [6.07, 6.45) is 0. The van der Waals surface area contributed by atoms with Crippen LogP contribution >= 0.6 is 0 Å². The molecule has 86 valence electrons. The first-order chi connectivity index (χ1) is 6.82. The Morgan fingerprint density at radius 2 is 1.87 bits per heavy atom. The molecule has 15 heavy (non-hydrogen) atoms. The molecule has 8 heteroatoms. The van der Waals surface area contributed by atoms with Crippen molar-refractivity contribution in [2.24, 2.45) is 0 Å². The van der Waals surface area contributed by atoms with Crippen LogP contribution < -0.4 is 5.32 Å². The molecule has 0 aliphatic rings. The second kappa shape index (κ2) is 6.12. The van der Waals surface area contributed by atoms with Gasteiger partial charge in [0.15, 0.2) is 0 Å². The quantitative estimate of drug-likeness (QED) is 0.512. The molecule has 0 spiro atoms. The van der Waals surface area contributed by atoms with Gasteiger partial charge in [0.2, 0.25) is 5.91 Å². The molecule has 0 bridgehead atoms. The van der Waals surface area contributed by atoms with E-state index in [1.54, 1.807) is 0 Å². The number of carbonyl (C=O) groups is 3. The zero-order valence-corrected chi connectivity index (χ0v) is 8.74. The molecule has 0 saturated heterocycles. The minimum absolute atomic E-state index is 0.415. The molecule has 0 aliphatic carbocycles. The van der Waals surface area contributed by atoms with E-state index in [-0.39, 0.29) is 0 Å². The Morgan fingerprint density at radius 3 is 2.20 bits per heavy atom. The van der Waals surface area contributed by atoms with E-state index in [2.05, 4.69) is 5.32 Å². The van der Waals surface area contributed by atoms with Gasteiger partial charge in [-0.25, -0.2) is 4.79 Å². The second-order valence-corrected chi connectivity index (χ2v) is 4.24. The fourth-order valence-electron chi connectivity index (χ4n) is 0.803. The van der Waals surface area contributed by atoms with Crippen molar-refractivity contribution in [3.8, 4) is 0 Å². The highest BCUT2D eigenvalue weighted by Crippen LogP contribution is 1.91. The van der Waals surface area contributed by atoms with Crippen molar-refractivity contribution >= 4 is 28.6 Å². The van der Waals surface area contributed by atoms with Gasteiger partial charge in [-0.1, -0.05) is 0 Å². The molecule has 0 aromatic heterocycles. The summed E-state index contributed by atoms with van der Waals surface area (Å²) in [4.78, 5) is 31.3. The number of rotatable bonds is 6. The van der Waals surface area contributed by atoms with Crippen molar-refractivity contribution in [3.63, 3.8) is 0 Å². The maximum absolute atomic E-state index is 11.1. The highest BCUT2D eigenvalue weighted by Gasteiger charge is 2.22. The van der Waals surface area contributed by atoms with Crippen LogP contribution in [0.5, 0.6) is 0 Å². The van der Waals surface area contributed by atoms with Gasteiger partial charge in [-0.05, 0) is 0 Å². The highest BCUT2D eigenvalue weighted by molar-refractivity contribution is 7.85. The third-order valence-electron chi connectivity index (χ3n) is 1.31. The van der Waals surface area contributed by atoms with E-state index < -0.39 is 46.2 Å². The minimum atomic E-state index is -1.81. The van der Waals surface area contributed by atoms with Gasteiger partial charge in [-0.3, -0.25) is 13.8 Å². The lowest BCUT2D eigenvalue weighted by atomic mass is 10.3. The maximum atomic E-state index is 11.1. The number of carbonyl (C=O) groups excluding carboxylic acids is 1. The number of hydrogen-bond acceptors (Lipinski definition) is 4. The van der Waals surface area contributed by atoms with E-state index in [0.29, 0.717) is 0 Å². The topological polar surface area (TPSA) is 121 Å². The predicted molar refractivity (Wildman–Crippen MR) is 50.8 cm³/mol. The smallest absolute Gasteiger partial charge is 0.327 e. The number of nitrogens with one attached hydrogen (secondary N) is 1. The van der Waals surface area contributed by atoms with Crippen molar-refractivity contribution in [3.05, 3.63) is 0 Å². The normalized spacial score (nSPS) is 13.9. The van der Waals surface area contributed by atoms with Gasteiger partial charge in [0.05, 0.1) is 5.75 Å². The van der Waals surface area contributed by atoms with Gasteiger partial charge in [0.25, 0.3) is 0 Å². The average molecular weight is 237 g/mol. The molecule has 2 atom stereocenters. The summed E-state index contributed by atoms with van der Waals surface area (Å²) in [7, 11) is -1.81. The van der Waals surface area contributed by atoms with E-state index in [9.17, 15) is 18.6 Å². The first-order valence-electron chi connectivity index (χ1n) is 3.89. The summed E-state index contributed by atoms with van der Waals surface area (Å²) < 4.78 is 11.1. The molecule has 7 nitrogen and oxygen atoms in total. The fraction of sp³-hybridized carbons (Fsp3) is 0.571. The van der Waals surface area contributed by atoms with E-state index in [0.717, 1.165) is 6.92 Å². The summed E-state index contributed by atoms with van der Waals surface area (Å²) >= 11 is 0. The highest BCUT2D eigenvalue weighted by atomic mass is 32.2. The van der Waals surface area contributed by atoms with Crippen LogP contribution in [0.4, 0.5) is 0 Å². The molecular formula is C7H11NO6S. The Bertz CT molecular complexity index is 302. The van der Waals surface area contributed by atoms with E-state index in [1.165, 1.54) is 0 Å². The molecule has 1 amide bonds. The Morgan fingerprint density at radius 1 is 1.33 bits per heavy atom. The molecule has 0 saturated carbocycles. The van der Waals surface area contributed by atoms with Crippen LogP contribution in [0.2, 0.25) is 0 Å². The number of carboxylic acids is 2. The number of hydrogen-bond donors (Lipinski definition) is 3. The minimum Gasteiger partial charge on any atom is -0.481 e. The molecule has 0 fully saturated rings. The molecule has 0 rings (SSSR count). The first-order valence-corrected chi connectivity index (χ1v) is 5.38. The number of amides is 1. The van der Waals surface area contributed by atoms with Crippen molar-refractivity contribution < 1.29 is 28.8 Å². The molecular weight excluding hydrogens is 226 g/mol. The monoisotopic (exact) mass is 237 g/mol. The lowest BCUT2D eigenvalue weighted by molar-refractivity contribution is -0.141. The Kier molecular flexibility index (Phi) is 5.53. The molecule has 0 aliphatic heterocycles. The van der Waals surface area contributed by atoms with E-state index >= 15 is 0 Å². The fourth-order valence-corrected chi connectivity index (χ4v) is 1.79. The van der Waals surface area contributed by atoms with Crippen molar-refractivity contribution in [2.45, 2.75) is 13.0 Å². The predicted octanol–water partition coefficient (Wildman–Crippen LogP) is -1.59. The molecule has 0 aromatic carbocycles. The van der Waals surface area contributed by atoms with Crippen LogP contribution in [-0.4, -0.2) is 49.8 Å². The van der Waals surface area contributed by atoms with Crippen molar-refractivity contribution in [2.75, 3.05) is 11.5 Å². The van der Waals surface area contributed by atoms with Crippen LogP contribution in [-0.2, 0) is 25.2 Å². The van der Waals surface area contributed by atoms with E-state index in [1.807, 2.05) is 0 Å². The zero-order valence-electron chi connectivity index (χ0n) is 7.93. The third kappa shape index (κ3) is 6.61. The average Bonchev–Trinajstić information content (AvgIpc) is 1.99. The van der Waals surface area contributed by atoms with Gasteiger partial charge in [-0.15, -0.1) is 0 Å². The summed E-state index contributed by atoms with van der Waals surface area (Å²) in [5.74, 6) is -4.25. The molecule has 0 aromatic rings. The first kappa shape index (κ1) is 13.6. The standard InChI is InChI=1S/C7H11NO6S/c1-4(9)8-5(7(12)13)2-15(14)3-6(10)11/h5H,2-3H2,1H3,(H,8,9)(H,10,11)(H,12,13)/t5-,15?/m0/s1. The van der Waals surface area contributed by atoms with Crippen LogP contribution in [0.3, 0.4) is 0 Å². The Hall–Kier alpha value is -1.44. The molecule has 0 radical (unpaired) electrons. The van der Waals surface area contributed by atoms with Crippen molar-refractivity contribution in [1.29, 1.82) is 0 Å². The van der Waals surface area contributed by atoms with Crippen LogP contribution in [0, 0.1) is 0 Å². The largest absolute Gasteiger partial charge is 0.481 e. The summed E-state index contributed by atoms with van der Waals surface area (Å²) in [6.45, 7) is 1.12. The van der Waals surface area contributed by atoms with Gasteiger partial charge in [-0.2, -0.15) is 0 Å². The molecule has 0 heterocycles. The second-order valence-electron chi connectivity index (χ2n) is 2.74. The summed E-state index contributed by atoms with van der Waals surface area (Å²) in [5, 5.41) is 19.0. The Labute approximate surface area is 87.9 Å². The van der Waals surface area contributed by atoms with Crippen molar-refractivity contribution in [1.82, 2.24) is 5.32 Å². The van der Waals surface area contributed by atoms with Gasteiger partial charge >= 0.3 is 11.9 Å².